The molecular weight excluding hydrogens is 372 g/mol. The minimum Gasteiger partial charge on any atom is -0.508 e. The van der Waals surface area contributed by atoms with Crippen molar-refractivity contribution in [1.29, 1.82) is 0 Å². The van der Waals surface area contributed by atoms with Gasteiger partial charge in [0.15, 0.2) is 11.5 Å². The summed E-state index contributed by atoms with van der Waals surface area (Å²) in [5, 5.41) is 10.6. The molecule has 2 aliphatic heterocycles. The topological polar surface area (TPSA) is 79.3 Å². The molecule has 0 spiro atoms. The summed E-state index contributed by atoms with van der Waals surface area (Å²) in [6, 6.07) is 7.64. The molecule has 0 aliphatic carbocycles. The molecular formula is C19H17ClN2O5. The van der Waals surface area contributed by atoms with Crippen molar-refractivity contribution in [3.05, 3.63) is 40.9 Å². The summed E-state index contributed by atoms with van der Waals surface area (Å²) in [7, 11) is 0. The van der Waals surface area contributed by atoms with Crippen LogP contribution >= 0.6 is 11.6 Å². The van der Waals surface area contributed by atoms with Gasteiger partial charge in [0.05, 0.1) is 24.5 Å². The molecule has 1 saturated heterocycles. The van der Waals surface area contributed by atoms with E-state index in [0.717, 1.165) is 0 Å². The SMILES string of the molecule is CC(=O)N1c2cc(Cl)ccc2Oc2cc(O)cc(C(=O)N3CCOCC3)c21. The van der Waals surface area contributed by atoms with Crippen LogP contribution in [0.4, 0.5) is 11.4 Å². The Morgan fingerprint density at radius 2 is 1.85 bits per heavy atom. The number of rotatable bonds is 1. The van der Waals surface area contributed by atoms with E-state index in [1.807, 2.05) is 0 Å². The zero-order valence-corrected chi connectivity index (χ0v) is 15.3. The zero-order chi connectivity index (χ0) is 19.1. The van der Waals surface area contributed by atoms with Gasteiger partial charge in [-0.2, -0.15) is 0 Å². The highest BCUT2D eigenvalue weighted by Crippen LogP contribution is 2.50. The number of hydrogen-bond donors (Lipinski definition) is 1. The van der Waals surface area contributed by atoms with Gasteiger partial charge in [-0.1, -0.05) is 11.6 Å². The highest BCUT2D eigenvalue weighted by atomic mass is 35.5. The maximum absolute atomic E-state index is 13.1. The molecule has 1 N–H and O–H groups in total. The largest absolute Gasteiger partial charge is 0.508 e. The number of fused-ring (bicyclic) bond motifs is 2. The lowest BCUT2D eigenvalue weighted by atomic mass is 10.0. The van der Waals surface area contributed by atoms with E-state index in [1.54, 1.807) is 23.1 Å². The van der Waals surface area contributed by atoms with Crippen LogP contribution in [0.15, 0.2) is 30.3 Å². The average Bonchev–Trinajstić information content (AvgIpc) is 2.65. The Hall–Kier alpha value is -2.77. The third-order valence-electron chi connectivity index (χ3n) is 4.51. The molecule has 2 aliphatic rings. The van der Waals surface area contributed by atoms with Gasteiger partial charge in [-0.25, -0.2) is 0 Å². The van der Waals surface area contributed by atoms with Gasteiger partial charge >= 0.3 is 0 Å². The third-order valence-corrected chi connectivity index (χ3v) is 4.74. The Balaban J connectivity index is 1.88. The van der Waals surface area contributed by atoms with Crippen molar-refractivity contribution in [2.75, 3.05) is 31.2 Å². The number of aromatic hydroxyl groups is 1. The Morgan fingerprint density at radius 1 is 1.11 bits per heavy atom. The summed E-state index contributed by atoms with van der Waals surface area (Å²) < 4.78 is 11.2. The fourth-order valence-electron chi connectivity index (χ4n) is 3.32. The zero-order valence-electron chi connectivity index (χ0n) is 14.6. The van der Waals surface area contributed by atoms with E-state index in [-0.39, 0.29) is 28.9 Å². The number of carbonyl (C=O) groups excluding carboxylic acids is 2. The van der Waals surface area contributed by atoms with Gasteiger partial charge in [0, 0.05) is 31.1 Å². The number of hydrogen-bond acceptors (Lipinski definition) is 5. The number of anilines is 2. The van der Waals surface area contributed by atoms with Gasteiger partial charge in [0.2, 0.25) is 5.91 Å². The summed E-state index contributed by atoms with van der Waals surface area (Å²) in [4.78, 5) is 28.6. The summed E-state index contributed by atoms with van der Waals surface area (Å²) >= 11 is 6.10. The lowest BCUT2D eigenvalue weighted by Crippen LogP contribution is -2.41. The Bertz CT molecular complexity index is 940. The van der Waals surface area contributed by atoms with Gasteiger partial charge in [-0.05, 0) is 24.3 Å². The number of amides is 2. The molecule has 0 unspecified atom stereocenters. The van der Waals surface area contributed by atoms with Crippen molar-refractivity contribution in [2.24, 2.45) is 0 Å². The van der Waals surface area contributed by atoms with Crippen molar-refractivity contribution in [2.45, 2.75) is 6.92 Å². The van der Waals surface area contributed by atoms with Gasteiger partial charge in [0.1, 0.15) is 11.4 Å². The lowest BCUT2D eigenvalue weighted by Gasteiger charge is -2.34. The van der Waals surface area contributed by atoms with Crippen LogP contribution in [-0.4, -0.2) is 48.1 Å². The quantitative estimate of drug-likeness (QED) is 0.810. The minimum atomic E-state index is -0.301. The molecule has 2 aromatic carbocycles. The molecule has 7 nitrogen and oxygen atoms in total. The molecule has 1 fully saturated rings. The lowest BCUT2D eigenvalue weighted by molar-refractivity contribution is -0.115. The average molecular weight is 389 g/mol. The molecule has 2 amide bonds. The summed E-state index contributed by atoms with van der Waals surface area (Å²) in [6.45, 7) is 3.16. The van der Waals surface area contributed by atoms with Crippen LogP contribution in [0.5, 0.6) is 17.2 Å². The summed E-state index contributed by atoms with van der Waals surface area (Å²) in [5.41, 5.74) is 0.934. The minimum absolute atomic E-state index is 0.119. The van der Waals surface area contributed by atoms with Gasteiger partial charge < -0.3 is 19.5 Å². The smallest absolute Gasteiger partial charge is 0.256 e. The van der Waals surface area contributed by atoms with Crippen molar-refractivity contribution < 1.29 is 24.2 Å². The first-order chi connectivity index (χ1) is 13.0. The number of phenolic OH excluding ortho intramolecular Hbond substituents is 1. The third kappa shape index (κ3) is 3.09. The second kappa shape index (κ2) is 6.75. The van der Waals surface area contributed by atoms with Crippen LogP contribution in [0.1, 0.15) is 17.3 Å². The fraction of sp³-hybridized carbons (Fsp3) is 0.263. The summed E-state index contributed by atoms with van der Waals surface area (Å²) in [6.07, 6.45) is 0. The molecule has 8 heteroatoms. The molecule has 2 aromatic rings. The van der Waals surface area contributed by atoms with Crippen molar-refractivity contribution in [3.8, 4) is 17.2 Å². The van der Waals surface area contributed by atoms with Crippen LogP contribution < -0.4 is 9.64 Å². The number of ether oxygens (including phenoxy) is 2. The standard InChI is InChI=1S/C19H17ClN2O5/c1-11(23)22-15-8-12(20)2-3-16(15)27-17-10-13(24)9-14(18(17)22)19(25)21-4-6-26-7-5-21/h2-3,8-10,24H,4-7H2,1H3. The Labute approximate surface area is 160 Å². The number of nitrogens with zero attached hydrogens (tertiary/aromatic N) is 2. The first-order valence-corrected chi connectivity index (χ1v) is 8.85. The second-order valence-corrected chi connectivity index (χ2v) is 6.75. The normalized spacial score (nSPS) is 15.6. The van der Waals surface area contributed by atoms with Gasteiger partial charge in [-0.3, -0.25) is 14.5 Å². The maximum Gasteiger partial charge on any atom is 0.256 e. The number of carbonyl (C=O) groups is 2. The fourth-order valence-corrected chi connectivity index (χ4v) is 3.49. The molecule has 0 saturated carbocycles. The number of morpholine rings is 1. The molecule has 0 aromatic heterocycles. The highest BCUT2D eigenvalue weighted by Gasteiger charge is 2.34. The first-order valence-electron chi connectivity index (χ1n) is 8.48. The molecule has 4 rings (SSSR count). The van der Waals surface area contributed by atoms with E-state index in [0.29, 0.717) is 48.5 Å². The predicted molar refractivity (Wildman–Crippen MR) is 99.2 cm³/mol. The molecule has 27 heavy (non-hydrogen) atoms. The van der Waals surface area contributed by atoms with Crippen molar-refractivity contribution in [3.63, 3.8) is 0 Å². The van der Waals surface area contributed by atoms with E-state index in [4.69, 9.17) is 21.1 Å². The van der Waals surface area contributed by atoms with Crippen LogP contribution in [-0.2, 0) is 9.53 Å². The summed E-state index contributed by atoms with van der Waals surface area (Å²) in [5.74, 6) is -0.0732. The van der Waals surface area contributed by atoms with Crippen LogP contribution in [0.3, 0.4) is 0 Å². The van der Waals surface area contributed by atoms with E-state index >= 15 is 0 Å². The maximum atomic E-state index is 13.1. The highest BCUT2D eigenvalue weighted by molar-refractivity contribution is 6.31. The molecule has 0 radical (unpaired) electrons. The Kier molecular flexibility index (Phi) is 4.41. The van der Waals surface area contributed by atoms with Crippen molar-refractivity contribution >= 4 is 34.8 Å². The van der Waals surface area contributed by atoms with E-state index in [1.165, 1.54) is 24.0 Å². The van der Waals surface area contributed by atoms with Crippen LogP contribution in [0, 0.1) is 0 Å². The number of benzene rings is 2. The van der Waals surface area contributed by atoms with Crippen LogP contribution in [0.25, 0.3) is 0 Å². The predicted octanol–water partition coefficient (Wildman–Crippen LogP) is 3.31. The molecule has 140 valence electrons. The van der Waals surface area contributed by atoms with Gasteiger partial charge in [-0.15, -0.1) is 0 Å². The van der Waals surface area contributed by atoms with Crippen molar-refractivity contribution in [1.82, 2.24) is 4.90 Å². The molecule has 2 heterocycles. The van der Waals surface area contributed by atoms with E-state index < -0.39 is 0 Å². The second-order valence-electron chi connectivity index (χ2n) is 6.31. The number of phenols is 1. The van der Waals surface area contributed by atoms with Crippen LogP contribution in [0.2, 0.25) is 5.02 Å². The number of halogens is 1. The monoisotopic (exact) mass is 388 g/mol. The Morgan fingerprint density at radius 3 is 2.56 bits per heavy atom. The van der Waals surface area contributed by atoms with E-state index in [2.05, 4.69) is 0 Å². The molecule has 0 bridgehead atoms. The molecule has 0 atom stereocenters. The first kappa shape index (κ1) is 17.6. The van der Waals surface area contributed by atoms with Gasteiger partial charge in [0.25, 0.3) is 5.91 Å². The van der Waals surface area contributed by atoms with E-state index in [9.17, 15) is 14.7 Å².